The van der Waals surface area contributed by atoms with E-state index in [2.05, 4.69) is 34.1 Å². The Morgan fingerprint density at radius 2 is 1.43 bits per heavy atom. The average Bonchev–Trinajstić information content (AvgIpc) is 2.68. The van der Waals surface area contributed by atoms with Crippen molar-refractivity contribution < 1.29 is 14.3 Å². The van der Waals surface area contributed by atoms with Gasteiger partial charge in [-0.1, -0.05) is 24.3 Å². The zero-order valence-corrected chi connectivity index (χ0v) is 18.9. The molecule has 0 aliphatic carbocycles. The summed E-state index contributed by atoms with van der Waals surface area (Å²) in [5.41, 5.74) is 2.67. The summed E-state index contributed by atoms with van der Waals surface area (Å²) >= 11 is 0. The third-order valence-corrected chi connectivity index (χ3v) is 6.56. The number of ether oxygens (including phenoxy) is 2. The molecular formula is C24H37N3O3. The Morgan fingerprint density at radius 1 is 0.933 bits per heavy atom. The van der Waals surface area contributed by atoms with Crippen LogP contribution in [-0.4, -0.2) is 78.9 Å². The summed E-state index contributed by atoms with van der Waals surface area (Å²) in [5, 5.41) is 0. The van der Waals surface area contributed by atoms with Gasteiger partial charge < -0.3 is 14.4 Å². The summed E-state index contributed by atoms with van der Waals surface area (Å²) in [4.78, 5) is 19.1. The van der Waals surface area contributed by atoms with Gasteiger partial charge in [-0.3, -0.25) is 9.80 Å². The monoisotopic (exact) mass is 415 g/mol. The van der Waals surface area contributed by atoms with Crippen LogP contribution in [0.25, 0.3) is 0 Å². The van der Waals surface area contributed by atoms with E-state index < -0.39 is 5.60 Å². The van der Waals surface area contributed by atoms with Crippen molar-refractivity contribution in [1.82, 2.24) is 14.7 Å². The van der Waals surface area contributed by atoms with Crippen LogP contribution in [0.2, 0.25) is 0 Å². The molecule has 1 spiro atoms. The third kappa shape index (κ3) is 5.54. The van der Waals surface area contributed by atoms with E-state index >= 15 is 0 Å². The average molecular weight is 416 g/mol. The zero-order chi connectivity index (χ0) is 21.2. The summed E-state index contributed by atoms with van der Waals surface area (Å²) in [6, 6.07) is 9.13. The van der Waals surface area contributed by atoms with Crippen LogP contribution in [0.4, 0.5) is 4.79 Å². The molecule has 166 valence electrons. The largest absolute Gasteiger partial charge is 0.444 e. The lowest BCUT2D eigenvalue weighted by atomic mass is 9.72. The number of hydrogen-bond donors (Lipinski definition) is 0. The molecule has 3 aliphatic rings. The van der Waals surface area contributed by atoms with Gasteiger partial charge in [0.15, 0.2) is 0 Å². The van der Waals surface area contributed by atoms with Crippen LogP contribution in [0.15, 0.2) is 24.3 Å². The Balaban J connectivity index is 1.19. The molecule has 0 unspecified atom stereocenters. The summed E-state index contributed by atoms with van der Waals surface area (Å²) in [6.07, 6.45) is 2.18. The molecule has 3 fully saturated rings. The molecule has 6 nitrogen and oxygen atoms in total. The van der Waals surface area contributed by atoms with E-state index in [1.54, 1.807) is 0 Å². The van der Waals surface area contributed by atoms with Gasteiger partial charge >= 0.3 is 6.09 Å². The summed E-state index contributed by atoms with van der Waals surface area (Å²) in [5.74, 6) is 0. The van der Waals surface area contributed by atoms with Gasteiger partial charge in [0, 0.05) is 44.7 Å². The van der Waals surface area contributed by atoms with Crippen molar-refractivity contribution in [1.29, 1.82) is 0 Å². The van der Waals surface area contributed by atoms with Crippen LogP contribution in [0.3, 0.4) is 0 Å². The molecular weight excluding hydrogens is 378 g/mol. The van der Waals surface area contributed by atoms with E-state index in [0.29, 0.717) is 5.41 Å². The first-order valence-electron chi connectivity index (χ1n) is 11.4. The van der Waals surface area contributed by atoms with Gasteiger partial charge in [-0.15, -0.1) is 0 Å². The molecule has 3 aliphatic heterocycles. The van der Waals surface area contributed by atoms with E-state index in [1.807, 2.05) is 25.7 Å². The first-order valence-corrected chi connectivity index (χ1v) is 11.4. The number of amides is 1. The number of nitrogens with zero attached hydrogens (tertiary/aromatic N) is 3. The molecule has 0 radical (unpaired) electrons. The lowest BCUT2D eigenvalue weighted by Crippen LogP contribution is -2.62. The number of piperidine rings is 1. The minimum Gasteiger partial charge on any atom is -0.444 e. The van der Waals surface area contributed by atoms with Crippen molar-refractivity contribution in [3.05, 3.63) is 35.4 Å². The summed E-state index contributed by atoms with van der Waals surface area (Å²) < 4.78 is 10.9. The van der Waals surface area contributed by atoms with Crippen molar-refractivity contribution >= 4 is 6.09 Å². The van der Waals surface area contributed by atoms with E-state index in [1.165, 1.54) is 24.0 Å². The molecule has 0 saturated carbocycles. The zero-order valence-electron chi connectivity index (χ0n) is 18.9. The summed E-state index contributed by atoms with van der Waals surface area (Å²) in [6.45, 7) is 15.5. The van der Waals surface area contributed by atoms with Gasteiger partial charge in [0.1, 0.15) is 5.60 Å². The topological polar surface area (TPSA) is 45.2 Å². The number of benzene rings is 1. The number of carbonyl (C=O) groups excluding carboxylic acids is 1. The smallest absolute Gasteiger partial charge is 0.410 e. The van der Waals surface area contributed by atoms with E-state index in [9.17, 15) is 4.79 Å². The van der Waals surface area contributed by atoms with Crippen LogP contribution in [0, 0.1) is 5.41 Å². The predicted molar refractivity (Wildman–Crippen MR) is 117 cm³/mol. The van der Waals surface area contributed by atoms with E-state index in [0.717, 1.165) is 65.6 Å². The lowest BCUT2D eigenvalue weighted by molar-refractivity contribution is -0.0600. The van der Waals surface area contributed by atoms with E-state index in [-0.39, 0.29) is 6.09 Å². The van der Waals surface area contributed by atoms with Gasteiger partial charge in [-0.2, -0.15) is 0 Å². The second kappa shape index (κ2) is 8.85. The SMILES string of the molecule is CC(C)(C)OC(=O)N1CC2(CCN(Cc3ccc(CN4CCOCC4)cc3)CC2)C1. The molecule has 1 aromatic rings. The maximum Gasteiger partial charge on any atom is 0.410 e. The molecule has 30 heavy (non-hydrogen) atoms. The van der Waals surface area contributed by atoms with Gasteiger partial charge in [0.2, 0.25) is 0 Å². The number of rotatable bonds is 4. The third-order valence-electron chi connectivity index (χ3n) is 6.56. The van der Waals surface area contributed by atoms with E-state index in [4.69, 9.17) is 9.47 Å². The number of likely N-dealkylation sites (tertiary alicyclic amines) is 2. The van der Waals surface area contributed by atoms with Crippen LogP contribution in [0.1, 0.15) is 44.7 Å². The minimum absolute atomic E-state index is 0.160. The highest BCUT2D eigenvalue weighted by atomic mass is 16.6. The number of carbonyl (C=O) groups is 1. The molecule has 0 N–H and O–H groups in total. The second-order valence-corrected chi connectivity index (χ2v) is 10.3. The molecule has 0 aromatic heterocycles. The molecule has 3 saturated heterocycles. The van der Waals surface area contributed by atoms with Crippen LogP contribution in [-0.2, 0) is 22.6 Å². The molecule has 3 heterocycles. The van der Waals surface area contributed by atoms with Crippen molar-refractivity contribution in [2.45, 2.75) is 52.3 Å². The quantitative estimate of drug-likeness (QED) is 0.755. The van der Waals surface area contributed by atoms with Crippen molar-refractivity contribution in [3.63, 3.8) is 0 Å². The maximum absolute atomic E-state index is 12.2. The Bertz CT molecular complexity index is 706. The normalized spacial score (nSPS) is 22.7. The second-order valence-electron chi connectivity index (χ2n) is 10.3. The van der Waals surface area contributed by atoms with Crippen molar-refractivity contribution in [3.8, 4) is 0 Å². The Labute approximate surface area is 181 Å². The molecule has 0 bridgehead atoms. The standard InChI is InChI=1S/C24H37N3O3/c1-23(2,3)30-22(28)27-18-24(19-27)8-10-25(11-9-24)16-20-4-6-21(7-5-20)17-26-12-14-29-15-13-26/h4-7H,8-19H2,1-3H3. The van der Waals surface area contributed by atoms with Gasteiger partial charge in [-0.25, -0.2) is 4.79 Å². The highest BCUT2D eigenvalue weighted by Gasteiger charge is 2.47. The van der Waals surface area contributed by atoms with Crippen molar-refractivity contribution in [2.24, 2.45) is 5.41 Å². The fraction of sp³-hybridized carbons (Fsp3) is 0.708. The molecule has 6 heteroatoms. The first kappa shape index (κ1) is 21.6. The Hall–Kier alpha value is -1.63. The first-order chi connectivity index (χ1) is 14.3. The number of morpholine rings is 1. The summed E-state index contributed by atoms with van der Waals surface area (Å²) in [7, 11) is 0. The minimum atomic E-state index is -0.416. The van der Waals surface area contributed by atoms with Gasteiger partial charge in [0.05, 0.1) is 13.2 Å². The lowest BCUT2D eigenvalue weighted by Gasteiger charge is -2.53. The van der Waals surface area contributed by atoms with Crippen LogP contribution >= 0.6 is 0 Å². The van der Waals surface area contributed by atoms with Gasteiger partial charge in [0.25, 0.3) is 0 Å². The highest BCUT2D eigenvalue weighted by molar-refractivity contribution is 5.69. The van der Waals surface area contributed by atoms with Crippen LogP contribution < -0.4 is 0 Å². The van der Waals surface area contributed by atoms with Crippen molar-refractivity contribution in [2.75, 3.05) is 52.5 Å². The fourth-order valence-corrected chi connectivity index (χ4v) is 4.75. The number of hydrogen-bond acceptors (Lipinski definition) is 5. The predicted octanol–water partition coefficient (Wildman–Crippen LogP) is 3.35. The Kier molecular flexibility index (Phi) is 6.37. The molecule has 0 atom stereocenters. The highest BCUT2D eigenvalue weighted by Crippen LogP contribution is 2.41. The fourth-order valence-electron chi connectivity index (χ4n) is 4.75. The molecule has 1 aromatic carbocycles. The van der Waals surface area contributed by atoms with Crippen LogP contribution in [0.5, 0.6) is 0 Å². The molecule has 4 rings (SSSR count). The Morgan fingerprint density at radius 3 is 1.93 bits per heavy atom. The van der Waals surface area contributed by atoms with Gasteiger partial charge in [-0.05, 0) is 57.8 Å². The molecule has 1 amide bonds. The maximum atomic E-state index is 12.2.